The highest BCUT2D eigenvalue weighted by Crippen LogP contribution is 2.25. The van der Waals surface area contributed by atoms with Crippen LogP contribution in [0.5, 0.6) is 0 Å². The van der Waals surface area contributed by atoms with E-state index in [4.69, 9.17) is 11.6 Å². The summed E-state index contributed by atoms with van der Waals surface area (Å²) in [4.78, 5) is 12.6. The number of benzene rings is 3. The van der Waals surface area contributed by atoms with Crippen LogP contribution in [0.3, 0.4) is 0 Å². The zero-order valence-electron chi connectivity index (χ0n) is 17.1. The topological polar surface area (TPSA) is 66.5 Å². The highest BCUT2D eigenvalue weighted by Gasteiger charge is 2.27. The summed E-state index contributed by atoms with van der Waals surface area (Å²) in [5.74, 6) is 0.355. The molecule has 0 aromatic heterocycles. The number of hydrogen-bond donors (Lipinski definition) is 1. The Kier molecular flexibility index (Phi) is 8.55. The Morgan fingerprint density at radius 3 is 2.31 bits per heavy atom. The van der Waals surface area contributed by atoms with E-state index in [9.17, 15) is 17.6 Å². The predicted molar refractivity (Wildman–Crippen MR) is 128 cm³/mol. The van der Waals surface area contributed by atoms with Crippen LogP contribution < -0.4 is 9.62 Å². The van der Waals surface area contributed by atoms with E-state index in [1.165, 1.54) is 30.0 Å². The first-order valence-corrected chi connectivity index (χ1v) is 12.8. The van der Waals surface area contributed by atoms with Crippen LogP contribution in [0.1, 0.15) is 5.56 Å². The van der Waals surface area contributed by atoms with Gasteiger partial charge in [0, 0.05) is 23.1 Å². The summed E-state index contributed by atoms with van der Waals surface area (Å²) in [6.07, 6.45) is 0. The number of halogens is 2. The van der Waals surface area contributed by atoms with Crippen molar-refractivity contribution < 1.29 is 17.6 Å². The molecule has 3 rings (SSSR count). The van der Waals surface area contributed by atoms with E-state index in [1.807, 2.05) is 0 Å². The highest BCUT2D eigenvalue weighted by atomic mass is 35.5. The van der Waals surface area contributed by atoms with Gasteiger partial charge in [-0.1, -0.05) is 48.0 Å². The Morgan fingerprint density at radius 1 is 0.969 bits per heavy atom. The summed E-state index contributed by atoms with van der Waals surface area (Å²) in [5, 5.41) is 3.19. The standard InChI is InChI=1S/C23H22ClFN2O3S2/c24-19-10-12-20(13-11-19)27(32(29,30)21-7-2-1-3-8-21)16-23(28)26-14-15-31-17-18-6-4-5-9-22(18)25/h1-13H,14-17H2,(H,26,28). The van der Waals surface area contributed by atoms with Crippen molar-refractivity contribution in [1.82, 2.24) is 5.32 Å². The number of carbonyl (C=O) groups excluding carboxylic acids is 1. The number of sulfonamides is 1. The van der Waals surface area contributed by atoms with Crippen molar-refractivity contribution in [2.75, 3.05) is 23.1 Å². The molecule has 0 fully saturated rings. The molecule has 168 valence electrons. The molecule has 0 spiro atoms. The number of thioether (sulfide) groups is 1. The van der Waals surface area contributed by atoms with Gasteiger partial charge in [-0.05, 0) is 48.0 Å². The van der Waals surface area contributed by atoms with Crippen molar-refractivity contribution in [2.24, 2.45) is 0 Å². The summed E-state index contributed by atoms with van der Waals surface area (Å²) in [7, 11) is -3.96. The molecule has 0 aliphatic carbocycles. The van der Waals surface area contributed by atoms with Crippen LogP contribution in [0.2, 0.25) is 5.02 Å². The van der Waals surface area contributed by atoms with Gasteiger partial charge in [-0.3, -0.25) is 9.10 Å². The quantitative estimate of drug-likeness (QED) is 0.416. The molecule has 9 heteroatoms. The van der Waals surface area contributed by atoms with Gasteiger partial charge in [0.05, 0.1) is 10.6 Å². The van der Waals surface area contributed by atoms with Crippen LogP contribution in [-0.2, 0) is 20.6 Å². The van der Waals surface area contributed by atoms with Crippen LogP contribution in [0.25, 0.3) is 0 Å². The maximum absolute atomic E-state index is 13.7. The molecule has 0 saturated heterocycles. The fourth-order valence-electron chi connectivity index (χ4n) is 2.89. The van der Waals surface area contributed by atoms with Crippen molar-refractivity contribution in [3.63, 3.8) is 0 Å². The number of rotatable bonds is 10. The Bertz CT molecular complexity index is 1140. The molecular weight excluding hydrogens is 471 g/mol. The number of carbonyl (C=O) groups is 1. The first-order chi connectivity index (χ1) is 15.4. The maximum atomic E-state index is 13.7. The third-order valence-corrected chi connectivity index (χ3v) is 7.56. The van der Waals surface area contributed by atoms with Gasteiger partial charge < -0.3 is 5.32 Å². The van der Waals surface area contributed by atoms with E-state index in [1.54, 1.807) is 60.7 Å². The van der Waals surface area contributed by atoms with Crippen molar-refractivity contribution in [3.05, 3.63) is 95.3 Å². The van der Waals surface area contributed by atoms with Crippen LogP contribution in [0, 0.1) is 5.82 Å². The highest BCUT2D eigenvalue weighted by molar-refractivity contribution is 7.98. The molecule has 0 aliphatic heterocycles. The number of nitrogens with one attached hydrogen (secondary N) is 1. The zero-order chi connectivity index (χ0) is 23.0. The minimum Gasteiger partial charge on any atom is -0.354 e. The largest absolute Gasteiger partial charge is 0.354 e. The molecule has 5 nitrogen and oxygen atoms in total. The van der Waals surface area contributed by atoms with Gasteiger partial charge in [0.2, 0.25) is 5.91 Å². The lowest BCUT2D eigenvalue weighted by molar-refractivity contribution is -0.119. The molecular formula is C23H22ClFN2O3S2. The normalized spacial score (nSPS) is 11.2. The Hall–Kier alpha value is -2.55. The van der Waals surface area contributed by atoms with Crippen molar-refractivity contribution in [1.29, 1.82) is 0 Å². The molecule has 0 saturated carbocycles. The van der Waals surface area contributed by atoms with Gasteiger partial charge in [0.15, 0.2) is 0 Å². The molecule has 3 aromatic carbocycles. The Labute approximate surface area is 196 Å². The first-order valence-electron chi connectivity index (χ1n) is 9.79. The summed E-state index contributed by atoms with van der Waals surface area (Å²) >= 11 is 7.41. The van der Waals surface area contributed by atoms with Gasteiger partial charge in [0.1, 0.15) is 12.4 Å². The van der Waals surface area contributed by atoms with Crippen molar-refractivity contribution >= 4 is 45.0 Å². The van der Waals surface area contributed by atoms with Crippen molar-refractivity contribution in [3.8, 4) is 0 Å². The molecule has 0 radical (unpaired) electrons. The van der Waals surface area contributed by atoms with E-state index in [0.717, 1.165) is 4.31 Å². The van der Waals surface area contributed by atoms with Crippen LogP contribution in [-0.4, -0.2) is 33.2 Å². The first kappa shape index (κ1) is 24.1. The lowest BCUT2D eigenvalue weighted by Crippen LogP contribution is -2.41. The predicted octanol–water partition coefficient (Wildman–Crippen LogP) is 4.72. The average Bonchev–Trinajstić information content (AvgIpc) is 2.79. The third kappa shape index (κ3) is 6.48. The average molecular weight is 493 g/mol. The summed E-state index contributed by atoms with van der Waals surface area (Å²) < 4.78 is 41.1. The molecule has 1 N–H and O–H groups in total. The van der Waals surface area contributed by atoms with E-state index in [-0.39, 0.29) is 17.3 Å². The van der Waals surface area contributed by atoms with Crippen LogP contribution in [0.15, 0.2) is 83.8 Å². The summed E-state index contributed by atoms with van der Waals surface area (Å²) in [6, 6.07) is 20.7. The van der Waals surface area contributed by atoms with Gasteiger partial charge in [-0.25, -0.2) is 12.8 Å². The Balaban J connectivity index is 1.62. The smallest absolute Gasteiger partial charge is 0.264 e. The van der Waals surface area contributed by atoms with Crippen molar-refractivity contribution in [2.45, 2.75) is 10.6 Å². The third-order valence-electron chi connectivity index (χ3n) is 4.52. The molecule has 0 aliphatic rings. The lowest BCUT2D eigenvalue weighted by atomic mass is 10.2. The van der Waals surface area contributed by atoms with Gasteiger partial charge in [-0.15, -0.1) is 0 Å². The van der Waals surface area contributed by atoms with E-state index in [2.05, 4.69) is 5.32 Å². The fourth-order valence-corrected chi connectivity index (χ4v) is 5.30. The minimum atomic E-state index is -3.96. The van der Waals surface area contributed by atoms with E-state index in [0.29, 0.717) is 34.3 Å². The maximum Gasteiger partial charge on any atom is 0.264 e. The Morgan fingerprint density at radius 2 is 1.62 bits per heavy atom. The second-order valence-corrected chi connectivity index (χ2v) is 10.2. The zero-order valence-corrected chi connectivity index (χ0v) is 19.5. The summed E-state index contributed by atoms with van der Waals surface area (Å²) in [6.45, 7) is -0.0470. The summed E-state index contributed by atoms with van der Waals surface area (Å²) in [5.41, 5.74) is 0.939. The van der Waals surface area contributed by atoms with E-state index < -0.39 is 15.9 Å². The van der Waals surface area contributed by atoms with Crippen LogP contribution in [0.4, 0.5) is 10.1 Å². The van der Waals surface area contributed by atoms with Gasteiger partial charge in [-0.2, -0.15) is 11.8 Å². The minimum absolute atomic E-state index is 0.0863. The van der Waals surface area contributed by atoms with Crippen LogP contribution >= 0.6 is 23.4 Å². The molecule has 1 amide bonds. The second kappa shape index (κ2) is 11.4. The molecule has 0 atom stereocenters. The number of nitrogens with zero attached hydrogens (tertiary/aromatic N) is 1. The number of anilines is 1. The molecule has 3 aromatic rings. The lowest BCUT2D eigenvalue weighted by Gasteiger charge is -2.24. The van der Waals surface area contributed by atoms with E-state index >= 15 is 0 Å². The SMILES string of the molecule is O=C(CN(c1ccc(Cl)cc1)S(=O)(=O)c1ccccc1)NCCSCc1ccccc1F. The second-order valence-electron chi connectivity index (χ2n) is 6.80. The molecule has 0 heterocycles. The van der Waals surface area contributed by atoms with Gasteiger partial charge in [0.25, 0.3) is 10.0 Å². The van der Waals surface area contributed by atoms with Gasteiger partial charge >= 0.3 is 0 Å². The molecule has 0 bridgehead atoms. The fraction of sp³-hybridized carbons (Fsp3) is 0.174. The molecule has 0 unspecified atom stereocenters. The molecule has 32 heavy (non-hydrogen) atoms. The monoisotopic (exact) mass is 492 g/mol. The number of hydrogen-bond acceptors (Lipinski definition) is 4. The number of amides is 1.